The van der Waals surface area contributed by atoms with Gasteiger partial charge in [0.25, 0.3) is 0 Å². The Morgan fingerprint density at radius 3 is 2.33 bits per heavy atom. The van der Waals surface area contributed by atoms with Crippen molar-refractivity contribution in [2.24, 2.45) is 27.2 Å². The molecule has 0 heterocycles. The molecule has 9 heavy (non-hydrogen) atoms. The zero-order valence-electron chi connectivity index (χ0n) is 5.33. The van der Waals surface area contributed by atoms with Gasteiger partial charge in [-0.1, -0.05) is 0 Å². The van der Waals surface area contributed by atoms with Crippen molar-refractivity contribution in [1.82, 2.24) is 0 Å². The Balaban J connectivity index is 3.90. The molecule has 0 fully saturated rings. The first-order valence-electron chi connectivity index (χ1n) is 2.47. The summed E-state index contributed by atoms with van der Waals surface area (Å²) >= 11 is 0. The van der Waals surface area contributed by atoms with E-state index in [1.807, 2.05) is 0 Å². The number of amidine groups is 1. The summed E-state index contributed by atoms with van der Waals surface area (Å²) in [6.07, 6.45) is 0. The van der Waals surface area contributed by atoms with E-state index in [2.05, 4.69) is 9.98 Å². The number of hydrogen-bond acceptors (Lipinski definition) is 2. The molecule has 0 aliphatic heterocycles. The van der Waals surface area contributed by atoms with Gasteiger partial charge in [-0.25, -0.2) is 4.99 Å². The fraction of sp³-hybridized carbons (Fsp3) is 0.500. The summed E-state index contributed by atoms with van der Waals surface area (Å²) in [5, 5.41) is 0. The van der Waals surface area contributed by atoms with E-state index in [-0.39, 0.29) is 12.6 Å². The molecule has 0 rings (SSSR count). The van der Waals surface area contributed by atoms with E-state index in [9.17, 15) is 0 Å². The second-order valence-corrected chi connectivity index (χ2v) is 1.42. The van der Waals surface area contributed by atoms with Gasteiger partial charge in [-0.05, 0) is 6.92 Å². The van der Waals surface area contributed by atoms with Crippen LogP contribution in [0.3, 0.4) is 0 Å². The van der Waals surface area contributed by atoms with Crippen molar-refractivity contribution in [3.05, 3.63) is 0 Å². The fourth-order valence-electron chi connectivity index (χ4n) is 0.354. The van der Waals surface area contributed by atoms with Crippen LogP contribution in [-0.2, 0) is 0 Å². The van der Waals surface area contributed by atoms with Crippen LogP contribution in [0.25, 0.3) is 0 Å². The highest BCUT2D eigenvalue weighted by atomic mass is 15.0. The van der Waals surface area contributed by atoms with Crippen molar-refractivity contribution in [2.75, 3.05) is 6.67 Å². The predicted molar refractivity (Wildman–Crippen MR) is 38.0 cm³/mol. The molecule has 0 aromatic rings. The minimum atomic E-state index is 0.00435. The van der Waals surface area contributed by atoms with Crippen molar-refractivity contribution >= 4 is 11.8 Å². The Morgan fingerprint density at radius 2 is 2.00 bits per heavy atom. The first-order valence-corrected chi connectivity index (χ1v) is 2.47. The van der Waals surface area contributed by atoms with Gasteiger partial charge in [-0.15, -0.1) is 0 Å². The fourth-order valence-corrected chi connectivity index (χ4v) is 0.354. The van der Waals surface area contributed by atoms with Crippen molar-refractivity contribution in [3.8, 4) is 0 Å². The smallest absolute Gasteiger partial charge is 0.192 e. The van der Waals surface area contributed by atoms with Crippen LogP contribution in [0.1, 0.15) is 6.92 Å². The lowest BCUT2D eigenvalue weighted by Gasteiger charge is -1.90. The van der Waals surface area contributed by atoms with E-state index in [4.69, 9.17) is 17.2 Å². The Hall–Kier alpha value is -1.10. The maximum absolute atomic E-state index is 5.07. The molecule has 0 bridgehead atoms. The Kier molecular flexibility index (Phi) is 3.38. The SMILES string of the molecule is CC(N=C(N)N)=NCN. The summed E-state index contributed by atoms with van der Waals surface area (Å²) in [6.45, 7) is 1.88. The standard InChI is InChI=1S/C4H11N5/c1-3(8-2-5)9-4(6)7/h2,5H2,1H3,(H4,6,7,8,9). The van der Waals surface area contributed by atoms with Gasteiger partial charge in [0.2, 0.25) is 0 Å². The van der Waals surface area contributed by atoms with Gasteiger partial charge in [0, 0.05) is 0 Å². The quantitative estimate of drug-likeness (QED) is 0.299. The van der Waals surface area contributed by atoms with Gasteiger partial charge in [-0.2, -0.15) is 0 Å². The van der Waals surface area contributed by atoms with Crippen molar-refractivity contribution in [2.45, 2.75) is 6.92 Å². The summed E-state index contributed by atoms with van der Waals surface area (Å²) in [5.41, 5.74) is 15.1. The van der Waals surface area contributed by atoms with Gasteiger partial charge in [0.1, 0.15) is 5.84 Å². The Bertz CT molecular complexity index is 132. The molecular formula is C4H11N5. The molecule has 0 saturated carbocycles. The van der Waals surface area contributed by atoms with Gasteiger partial charge in [0.15, 0.2) is 5.96 Å². The predicted octanol–water partition coefficient (Wildman–Crippen LogP) is -1.41. The minimum Gasteiger partial charge on any atom is -0.370 e. The molecule has 0 saturated heterocycles. The molecule has 0 spiro atoms. The van der Waals surface area contributed by atoms with E-state index in [0.29, 0.717) is 5.84 Å². The lowest BCUT2D eigenvalue weighted by Crippen LogP contribution is -2.23. The normalized spacial score (nSPS) is 11.1. The first kappa shape index (κ1) is 7.90. The highest BCUT2D eigenvalue weighted by Crippen LogP contribution is 1.75. The van der Waals surface area contributed by atoms with Crippen LogP contribution in [0.5, 0.6) is 0 Å². The molecule has 0 radical (unpaired) electrons. The molecular weight excluding hydrogens is 118 g/mol. The third kappa shape index (κ3) is 4.76. The summed E-state index contributed by atoms with van der Waals surface area (Å²) in [5.74, 6) is 0.502. The second-order valence-electron chi connectivity index (χ2n) is 1.42. The molecule has 52 valence electrons. The Morgan fingerprint density at radius 1 is 1.44 bits per heavy atom. The van der Waals surface area contributed by atoms with E-state index < -0.39 is 0 Å². The Labute approximate surface area is 53.6 Å². The third-order valence-corrected chi connectivity index (χ3v) is 0.611. The van der Waals surface area contributed by atoms with Crippen LogP contribution in [0.2, 0.25) is 0 Å². The van der Waals surface area contributed by atoms with Crippen molar-refractivity contribution in [1.29, 1.82) is 0 Å². The molecule has 5 heteroatoms. The molecule has 0 atom stereocenters. The third-order valence-electron chi connectivity index (χ3n) is 0.611. The van der Waals surface area contributed by atoms with Crippen LogP contribution in [0.4, 0.5) is 0 Å². The van der Waals surface area contributed by atoms with Gasteiger partial charge >= 0.3 is 0 Å². The van der Waals surface area contributed by atoms with Gasteiger partial charge in [-0.3, -0.25) is 4.99 Å². The molecule has 5 nitrogen and oxygen atoms in total. The van der Waals surface area contributed by atoms with Crippen LogP contribution < -0.4 is 17.2 Å². The molecule has 0 aromatic carbocycles. The largest absolute Gasteiger partial charge is 0.370 e. The second kappa shape index (κ2) is 3.85. The van der Waals surface area contributed by atoms with Gasteiger partial charge in [0.05, 0.1) is 6.67 Å². The average Bonchev–Trinajstić information content (AvgIpc) is 1.63. The van der Waals surface area contributed by atoms with Crippen molar-refractivity contribution in [3.63, 3.8) is 0 Å². The summed E-state index contributed by atoms with van der Waals surface area (Å²) in [4.78, 5) is 7.32. The van der Waals surface area contributed by atoms with E-state index >= 15 is 0 Å². The highest BCUT2D eigenvalue weighted by Gasteiger charge is 1.82. The lowest BCUT2D eigenvalue weighted by atomic mass is 10.7. The number of nitrogens with two attached hydrogens (primary N) is 3. The van der Waals surface area contributed by atoms with E-state index in [1.54, 1.807) is 6.92 Å². The maximum atomic E-state index is 5.07. The molecule has 6 N–H and O–H groups in total. The molecule has 0 amide bonds. The zero-order valence-corrected chi connectivity index (χ0v) is 5.33. The molecule has 0 aliphatic rings. The minimum absolute atomic E-state index is 0.00435. The average molecular weight is 129 g/mol. The van der Waals surface area contributed by atoms with E-state index in [0.717, 1.165) is 0 Å². The molecule has 0 aromatic heterocycles. The lowest BCUT2D eigenvalue weighted by molar-refractivity contribution is 1.06. The number of nitrogens with zero attached hydrogens (tertiary/aromatic N) is 2. The van der Waals surface area contributed by atoms with Crippen LogP contribution in [-0.4, -0.2) is 18.5 Å². The number of rotatable bonds is 1. The van der Waals surface area contributed by atoms with Crippen LogP contribution >= 0.6 is 0 Å². The monoisotopic (exact) mass is 129 g/mol. The highest BCUT2D eigenvalue weighted by molar-refractivity contribution is 5.93. The topological polar surface area (TPSA) is 103 Å². The van der Waals surface area contributed by atoms with E-state index in [1.165, 1.54) is 0 Å². The molecule has 0 unspecified atom stereocenters. The van der Waals surface area contributed by atoms with Crippen molar-refractivity contribution < 1.29 is 0 Å². The van der Waals surface area contributed by atoms with Crippen LogP contribution in [0, 0.1) is 0 Å². The summed E-state index contributed by atoms with van der Waals surface area (Å²) < 4.78 is 0. The maximum Gasteiger partial charge on any atom is 0.192 e. The number of guanidine groups is 1. The number of hydrogen-bond donors (Lipinski definition) is 3. The first-order chi connectivity index (χ1) is 4.16. The summed E-state index contributed by atoms with van der Waals surface area (Å²) in [7, 11) is 0. The summed E-state index contributed by atoms with van der Waals surface area (Å²) in [6, 6.07) is 0. The van der Waals surface area contributed by atoms with Gasteiger partial charge < -0.3 is 17.2 Å². The number of aliphatic imine (C=N–C) groups is 2. The molecule has 0 aliphatic carbocycles. The van der Waals surface area contributed by atoms with Crippen LogP contribution in [0.15, 0.2) is 9.98 Å². The zero-order chi connectivity index (χ0) is 7.28.